The summed E-state index contributed by atoms with van der Waals surface area (Å²) in [5.41, 5.74) is 0.606. The molecular weight excluding hydrogens is 1090 g/mol. The summed E-state index contributed by atoms with van der Waals surface area (Å²) >= 11 is 0. The van der Waals surface area contributed by atoms with Crippen molar-refractivity contribution in [1.29, 1.82) is 0 Å². The van der Waals surface area contributed by atoms with Crippen molar-refractivity contribution in [2.24, 2.45) is 35.0 Å². The molecule has 0 spiro atoms. The largest absolute Gasteiger partial charge is 0.106 e. The summed E-state index contributed by atoms with van der Waals surface area (Å²) in [6, 6.07) is 0. The Balaban J connectivity index is 0. The highest BCUT2D eigenvalue weighted by Gasteiger charge is 2.38. The van der Waals surface area contributed by atoms with Gasteiger partial charge in [0.25, 0.3) is 0 Å². The number of hydrogen-bond donors (Lipinski definition) is 0. The highest BCUT2D eigenvalue weighted by molar-refractivity contribution is 5.50. The lowest BCUT2D eigenvalue weighted by Gasteiger charge is -2.45. The van der Waals surface area contributed by atoms with Gasteiger partial charge in [0, 0.05) is 154 Å². The zero-order valence-electron chi connectivity index (χ0n) is 56.1. The van der Waals surface area contributed by atoms with E-state index in [0.29, 0.717) is 5.41 Å². The van der Waals surface area contributed by atoms with Gasteiger partial charge in [-0.1, -0.05) is 222 Å². The second-order valence-electron chi connectivity index (χ2n) is 22.5. The first kappa shape index (κ1) is 83.4. The number of terminal acetylenes is 1. The molecule has 1 aliphatic rings. The fraction of sp³-hybridized carbons (Fsp3) is 0.516. The summed E-state index contributed by atoms with van der Waals surface area (Å²) in [5, 5.41) is 0. The predicted octanol–water partition coefficient (Wildman–Crippen LogP) is 18.0. The summed E-state index contributed by atoms with van der Waals surface area (Å²) in [7, 11) is 0. The molecule has 0 heterocycles. The first-order valence-corrected chi connectivity index (χ1v) is 33.2. The van der Waals surface area contributed by atoms with Crippen LogP contribution in [0.15, 0.2) is 0 Å². The fourth-order valence-electron chi connectivity index (χ4n) is 10.6. The van der Waals surface area contributed by atoms with Gasteiger partial charge < -0.3 is 0 Å². The molecule has 0 heteroatoms. The highest BCUT2D eigenvalue weighted by atomic mass is 14.4. The Labute approximate surface area is 561 Å². The van der Waals surface area contributed by atoms with E-state index in [1.54, 1.807) is 32.6 Å². The SMILES string of the molecule is C.C#CC#CC#CC#CC#CC#CC#CC#CC#CC#CC#CC#CC#CC#CC#CC#CC#CC#CC#CC#CC#CC#CC.CCCCCC(CCCCC)CCC1CC(C)(CCC(CCCCC)CCCCC)CCC1CC(CCCCC)CCCCC. The first-order chi connectivity index (χ1) is 44.4. The van der Waals surface area contributed by atoms with E-state index in [1.807, 2.05) is 0 Å². The average molecular weight is 1190 g/mol. The lowest BCUT2D eigenvalue weighted by Crippen LogP contribution is -2.34. The molecule has 3 unspecified atom stereocenters. The van der Waals surface area contributed by atoms with Crippen molar-refractivity contribution in [3.05, 3.63) is 0 Å². The molecule has 0 radical (unpaired) electrons. The van der Waals surface area contributed by atoms with Gasteiger partial charge in [-0.05, 0) is 182 Å². The Kier molecular flexibility index (Phi) is 62.1. The van der Waals surface area contributed by atoms with Gasteiger partial charge in [-0.2, -0.15) is 0 Å². The third-order valence-corrected chi connectivity index (χ3v) is 15.3. The topological polar surface area (TPSA) is 0 Å². The van der Waals surface area contributed by atoms with E-state index in [1.165, 1.54) is 180 Å². The first-order valence-electron chi connectivity index (χ1n) is 33.2. The molecule has 0 aliphatic heterocycles. The monoisotopic (exact) mass is 1190 g/mol. The molecule has 1 aliphatic carbocycles. The van der Waals surface area contributed by atoms with Crippen LogP contribution < -0.4 is 0 Å². The maximum absolute atomic E-state index is 4.93. The highest BCUT2D eigenvalue weighted by Crippen LogP contribution is 2.50. The molecule has 1 saturated carbocycles. The molecule has 0 aromatic carbocycles. The van der Waals surface area contributed by atoms with Gasteiger partial charge in [-0.25, -0.2) is 0 Å². The van der Waals surface area contributed by atoms with Crippen LogP contribution in [-0.4, -0.2) is 0 Å². The van der Waals surface area contributed by atoms with E-state index >= 15 is 0 Å². The Hall–Kier alpha value is -9.68. The van der Waals surface area contributed by atoms with Gasteiger partial charge in [-0.3, -0.25) is 0 Å². The second kappa shape index (κ2) is 67.8. The van der Waals surface area contributed by atoms with E-state index in [0.717, 1.165) is 29.6 Å². The van der Waals surface area contributed by atoms with E-state index < -0.39 is 0 Å². The van der Waals surface area contributed by atoms with Crippen LogP contribution >= 0.6 is 0 Å². The second-order valence-corrected chi connectivity index (χ2v) is 22.5. The molecule has 0 aromatic rings. The molecule has 3 atom stereocenters. The van der Waals surface area contributed by atoms with Crippen LogP contribution in [0.1, 0.15) is 268 Å². The van der Waals surface area contributed by atoms with E-state index in [2.05, 4.69) is 303 Å². The maximum atomic E-state index is 4.93. The van der Waals surface area contributed by atoms with Crippen LogP contribution in [0.5, 0.6) is 0 Å². The number of hydrogen-bond acceptors (Lipinski definition) is 0. The van der Waals surface area contributed by atoms with Crippen LogP contribution in [0.25, 0.3) is 0 Å². The lowest BCUT2D eigenvalue weighted by molar-refractivity contribution is 0.0613. The molecule has 0 saturated heterocycles. The summed E-state index contributed by atoms with van der Waals surface area (Å²) in [5.74, 6) is 112. The van der Waals surface area contributed by atoms with Crippen LogP contribution in [0.3, 0.4) is 0 Å². The Bertz CT molecular complexity index is 3610. The minimum atomic E-state index is 0. The maximum Gasteiger partial charge on any atom is 0 e. The third-order valence-electron chi connectivity index (χ3n) is 15.3. The van der Waals surface area contributed by atoms with Crippen molar-refractivity contribution in [3.8, 4) is 261 Å². The van der Waals surface area contributed by atoms with Gasteiger partial charge in [0.15, 0.2) is 0 Å². The van der Waals surface area contributed by atoms with Gasteiger partial charge in [0.05, 0.1) is 0 Å². The zero-order chi connectivity index (χ0) is 65.4. The van der Waals surface area contributed by atoms with Crippen molar-refractivity contribution in [1.82, 2.24) is 0 Å². The van der Waals surface area contributed by atoms with Crippen molar-refractivity contribution in [3.63, 3.8) is 0 Å². The lowest BCUT2D eigenvalue weighted by atomic mass is 9.60. The molecule has 462 valence electrons. The summed E-state index contributed by atoms with van der Waals surface area (Å²) in [4.78, 5) is 0. The third kappa shape index (κ3) is 57.8. The van der Waals surface area contributed by atoms with Gasteiger partial charge in [-0.15, -0.1) is 6.42 Å². The number of rotatable bonds is 32. The molecule has 91 heavy (non-hydrogen) atoms. The molecule has 1 rings (SSSR count). The summed E-state index contributed by atoms with van der Waals surface area (Å²) in [6.07, 6.45) is 52.2. The van der Waals surface area contributed by atoms with Crippen LogP contribution in [0, 0.1) is 296 Å². The van der Waals surface area contributed by atoms with Crippen LogP contribution in [-0.2, 0) is 0 Å². The summed E-state index contributed by atoms with van der Waals surface area (Å²) < 4.78 is 0. The van der Waals surface area contributed by atoms with Crippen molar-refractivity contribution in [2.75, 3.05) is 0 Å². The predicted molar refractivity (Wildman–Crippen MR) is 392 cm³/mol. The van der Waals surface area contributed by atoms with E-state index in [-0.39, 0.29) is 7.43 Å². The average Bonchev–Trinajstić information content (AvgIpc) is 1.42. The van der Waals surface area contributed by atoms with Crippen LogP contribution in [0.4, 0.5) is 0 Å². The standard InChI is InChI=1S/C45H90.C45H4.CH4/c1-8-14-20-26-40(27-21-15-9-2)32-33-44-39-45(7,36-34-41(28-22-16-10-3)29-23-17-11-4)37-35-43(44)38-42(30-24-18-12-5)31-25-19-13-6;1-3-5-7-9-11-13-15-17-19-21-23-25-27-29-31-33-35-37-39-41-43-45-44-42-40-38-36-34-32-30-28-26-24-22-20-18-16-14-12-10-8-6-4-2;/h40-44H,8-39H2,1-7H3;1H,2H3;1H4. The minimum Gasteiger partial charge on any atom is -0.106 e. The Morgan fingerprint density at radius 1 is 0.308 bits per heavy atom. The molecule has 1 fully saturated rings. The minimum absolute atomic E-state index is 0. The van der Waals surface area contributed by atoms with Crippen molar-refractivity contribution >= 4 is 0 Å². The Morgan fingerprint density at radius 3 is 0.802 bits per heavy atom. The van der Waals surface area contributed by atoms with Gasteiger partial charge in [0.1, 0.15) is 0 Å². The summed E-state index contributed by atoms with van der Waals surface area (Å²) in [6.45, 7) is 18.7. The molecule has 0 bridgehead atoms. The molecule has 0 N–H and O–H groups in total. The van der Waals surface area contributed by atoms with Gasteiger partial charge in [0.2, 0.25) is 0 Å². The molecule has 0 nitrogen and oxygen atoms in total. The Morgan fingerprint density at radius 2 is 0.549 bits per heavy atom. The fourth-order valence-corrected chi connectivity index (χ4v) is 10.6. The van der Waals surface area contributed by atoms with Gasteiger partial charge >= 0.3 is 0 Å². The molecule has 0 amide bonds. The van der Waals surface area contributed by atoms with E-state index in [4.69, 9.17) is 6.42 Å². The quantitative estimate of drug-likeness (QED) is 0.0465. The smallest absolute Gasteiger partial charge is 0 e. The van der Waals surface area contributed by atoms with Crippen molar-refractivity contribution < 1.29 is 0 Å². The van der Waals surface area contributed by atoms with Crippen molar-refractivity contribution in [2.45, 2.75) is 268 Å². The molecular formula is C91H98. The normalized spacial score (nSPS) is 12.2. The van der Waals surface area contributed by atoms with Crippen LogP contribution in [0.2, 0.25) is 0 Å². The number of unbranched alkanes of at least 4 members (excludes halogenated alkanes) is 12. The molecule has 0 aromatic heterocycles. The van der Waals surface area contributed by atoms with E-state index in [9.17, 15) is 0 Å². The zero-order valence-corrected chi connectivity index (χ0v) is 56.1.